The number of amides is 1. The van der Waals surface area contributed by atoms with Gasteiger partial charge in [0.1, 0.15) is 0 Å². The van der Waals surface area contributed by atoms with Crippen molar-refractivity contribution < 1.29 is 4.79 Å². The highest BCUT2D eigenvalue weighted by molar-refractivity contribution is 6.31. The van der Waals surface area contributed by atoms with Gasteiger partial charge in [-0.05, 0) is 44.5 Å². The van der Waals surface area contributed by atoms with E-state index >= 15 is 0 Å². The Labute approximate surface area is 157 Å². The van der Waals surface area contributed by atoms with E-state index < -0.39 is 0 Å². The van der Waals surface area contributed by atoms with E-state index in [-0.39, 0.29) is 5.91 Å². The summed E-state index contributed by atoms with van der Waals surface area (Å²) in [6.45, 7) is 7.74. The standard InChI is InChI=1S/C19H22ClN5O/c1-4-24-18(17(20)10-22-24)11-21-19(26)16-7-5-15(6-8-16)12-25-14(3)9-13(2)23-25/h5-10H,4,11-12H2,1-3H3,(H,21,26). The normalized spacial score (nSPS) is 10.9. The summed E-state index contributed by atoms with van der Waals surface area (Å²) in [6.07, 6.45) is 1.60. The van der Waals surface area contributed by atoms with Gasteiger partial charge < -0.3 is 5.32 Å². The molecular weight excluding hydrogens is 350 g/mol. The molecule has 0 spiro atoms. The van der Waals surface area contributed by atoms with Crippen LogP contribution in [0.25, 0.3) is 0 Å². The zero-order valence-electron chi connectivity index (χ0n) is 15.2. The highest BCUT2D eigenvalue weighted by atomic mass is 35.5. The minimum Gasteiger partial charge on any atom is -0.346 e. The number of benzene rings is 1. The summed E-state index contributed by atoms with van der Waals surface area (Å²) in [6, 6.07) is 9.61. The molecule has 2 aromatic heterocycles. The van der Waals surface area contributed by atoms with Crippen molar-refractivity contribution in [3.05, 3.63) is 69.8 Å². The van der Waals surface area contributed by atoms with E-state index in [1.54, 1.807) is 10.9 Å². The van der Waals surface area contributed by atoms with Gasteiger partial charge in [0.2, 0.25) is 0 Å². The lowest BCUT2D eigenvalue weighted by Gasteiger charge is -2.09. The molecule has 7 heteroatoms. The molecule has 6 nitrogen and oxygen atoms in total. The monoisotopic (exact) mass is 371 g/mol. The highest BCUT2D eigenvalue weighted by Gasteiger charge is 2.11. The Hall–Kier alpha value is -2.60. The van der Waals surface area contributed by atoms with Crippen LogP contribution in [0, 0.1) is 13.8 Å². The smallest absolute Gasteiger partial charge is 0.251 e. The number of aryl methyl sites for hydroxylation is 3. The molecule has 0 aliphatic rings. The Kier molecular flexibility index (Phi) is 5.42. The van der Waals surface area contributed by atoms with Gasteiger partial charge in [0.05, 0.1) is 35.7 Å². The maximum Gasteiger partial charge on any atom is 0.251 e. The fraction of sp³-hybridized carbons (Fsp3) is 0.316. The minimum atomic E-state index is -0.136. The third-order valence-electron chi connectivity index (χ3n) is 4.27. The quantitative estimate of drug-likeness (QED) is 0.722. The molecule has 2 heterocycles. The first-order valence-electron chi connectivity index (χ1n) is 8.56. The van der Waals surface area contributed by atoms with Crippen molar-refractivity contribution in [3.8, 4) is 0 Å². The number of hydrogen-bond acceptors (Lipinski definition) is 3. The molecule has 0 unspecified atom stereocenters. The number of carbonyl (C=O) groups is 1. The number of rotatable bonds is 6. The first kappa shape index (κ1) is 18.2. The SMILES string of the molecule is CCn1ncc(Cl)c1CNC(=O)c1ccc(Cn2nc(C)cc2C)cc1. The van der Waals surface area contributed by atoms with Gasteiger partial charge in [-0.3, -0.25) is 14.2 Å². The summed E-state index contributed by atoms with van der Waals surface area (Å²) >= 11 is 6.12. The maximum atomic E-state index is 12.4. The predicted octanol–water partition coefficient (Wildman–Crippen LogP) is 3.35. The Morgan fingerprint density at radius 1 is 1.19 bits per heavy atom. The van der Waals surface area contributed by atoms with Crippen LogP contribution in [0.1, 0.15) is 39.9 Å². The summed E-state index contributed by atoms with van der Waals surface area (Å²) in [5.74, 6) is -0.136. The fourth-order valence-corrected chi connectivity index (χ4v) is 3.08. The van der Waals surface area contributed by atoms with Crippen LogP contribution in [0.3, 0.4) is 0 Å². The van der Waals surface area contributed by atoms with E-state index in [4.69, 9.17) is 11.6 Å². The third kappa shape index (κ3) is 3.96. The van der Waals surface area contributed by atoms with Crippen molar-refractivity contribution >= 4 is 17.5 Å². The van der Waals surface area contributed by atoms with Crippen LogP contribution in [0.5, 0.6) is 0 Å². The largest absolute Gasteiger partial charge is 0.346 e. The van der Waals surface area contributed by atoms with Gasteiger partial charge >= 0.3 is 0 Å². The lowest BCUT2D eigenvalue weighted by molar-refractivity contribution is 0.0950. The van der Waals surface area contributed by atoms with E-state index in [9.17, 15) is 4.79 Å². The number of halogens is 1. The van der Waals surface area contributed by atoms with Crippen LogP contribution in [0.15, 0.2) is 36.5 Å². The first-order valence-corrected chi connectivity index (χ1v) is 8.94. The van der Waals surface area contributed by atoms with Crippen molar-refractivity contribution in [2.24, 2.45) is 0 Å². The first-order chi connectivity index (χ1) is 12.5. The average Bonchev–Trinajstić information content (AvgIpc) is 3.14. The zero-order chi connectivity index (χ0) is 18.7. The zero-order valence-corrected chi connectivity index (χ0v) is 15.9. The lowest BCUT2D eigenvalue weighted by atomic mass is 10.1. The van der Waals surface area contributed by atoms with Crippen molar-refractivity contribution in [1.82, 2.24) is 24.9 Å². The molecule has 0 bridgehead atoms. The van der Waals surface area contributed by atoms with Crippen molar-refractivity contribution in [2.75, 3.05) is 0 Å². The van der Waals surface area contributed by atoms with Crippen LogP contribution in [0.2, 0.25) is 5.02 Å². The van der Waals surface area contributed by atoms with Gasteiger partial charge in [0.25, 0.3) is 5.91 Å². The summed E-state index contributed by atoms with van der Waals surface area (Å²) in [7, 11) is 0. The highest BCUT2D eigenvalue weighted by Crippen LogP contribution is 2.15. The van der Waals surface area contributed by atoms with Gasteiger partial charge in [0.15, 0.2) is 0 Å². The van der Waals surface area contributed by atoms with Gasteiger partial charge in [-0.1, -0.05) is 23.7 Å². The van der Waals surface area contributed by atoms with Gasteiger partial charge in [0, 0.05) is 17.8 Å². The Balaban J connectivity index is 1.63. The topological polar surface area (TPSA) is 64.7 Å². The number of aromatic nitrogens is 4. The Morgan fingerprint density at radius 2 is 1.92 bits per heavy atom. The van der Waals surface area contributed by atoms with E-state index in [1.807, 2.05) is 55.8 Å². The molecule has 0 aliphatic carbocycles. The third-order valence-corrected chi connectivity index (χ3v) is 4.58. The molecule has 0 radical (unpaired) electrons. The van der Waals surface area contributed by atoms with E-state index in [0.717, 1.165) is 22.6 Å². The molecule has 1 aromatic carbocycles. The molecular formula is C19H22ClN5O. The average molecular weight is 372 g/mol. The van der Waals surface area contributed by atoms with E-state index in [2.05, 4.69) is 15.5 Å². The molecule has 0 fully saturated rings. The van der Waals surface area contributed by atoms with Gasteiger partial charge in [-0.25, -0.2) is 0 Å². The summed E-state index contributed by atoms with van der Waals surface area (Å²) in [5, 5.41) is 12.1. The number of hydrogen-bond donors (Lipinski definition) is 1. The molecule has 26 heavy (non-hydrogen) atoms. The molecule has 0 saturated heterocycles. The molecule has 0 aliphatic heterocycles. The molecule has 136 valence electrons. The molecule has 0 saturated carbocycles. The Morgan fingerprint density at radius 3 is 2.54 bits per heavy atom. The van der Waals surface area contributed by atoms with Crippen LogP contribution in [-0.4, -0.2) is 25.5 Å². The second-order valence-electron chi connectivity index (χ2n) is 6.22. The fourth-order valence-electron chi connectivity index (χ4n) is 2.87. The molecule has 1 amide bonds. The second-order valence-corrected chi connectivity index (χ2v) is 6.63. The number of nitrogens with zero attached hydrogens (tertiary/aromatic N) is 4. The van der Waals surface area contributed by atoms with Crippen LogP contribution >= 0.6 is 11.6 Å². The lowest BCUT2D eigenvalue weighted by Crippen LogP contribution is -2.24. The van der Waals surface area contributed by atoms with Gasteiger partial charge in [-0.2, -0.15) is 10.2 Å². The van der Waals surface area contributed by atoms with Crippen LogP contribution in [-0.2, 0) is 19.6 Å². The number of nitrogens with one attached hydrogen (secondary N) is 1. The molecule has 1 N–H and O–H groups in total. The summed E-state index contributed by atoms with van der Waals surface area (Å²) in [4.78, 5) is 12.4. The molecule has 3 rings (SSSR count). The molecule has 3 aromatic rings. The van der Waals surface area contributed by atoms with Crippen molar-refractivity contribution in [2.45, 2.75) is 40.4 Å². The van der Waals surface area contributed by atoms with Crippen molar-refractivity contribution in [3.63, 3.8) is 0 Å². The second kappa shape index (κ2) is 7.74. The minimum absolute atomic E-state index is 0.136. The van der Waals surface area contributed by atoms with Crippen LogP contribution < -0.4 is 5.32 Å². The predicted molar refractivity (Wildman–Crippen MR) is 101 cm³/mol. The van der Waals surface area contributed by atoms with E-state index in [1.165, 1.54) is 0 Å². The molecule has 0 atom stereocenters. The maximum absolute atomic E-state index is 12.4. The summed E-state index contributed by atoms with van der Waals surface area (Å²) < 4.78 is 3.73. The number of carbonyl (C=O) groups excluding carboxylic acids is 1. The van der Waals surface area contributed by atoms with Crippen molar-refractivity contribution in [1.29, 1.82) is 0 Å². The van der Waals surface area contributed by atoms with Gasteiger partial charge in [-0.15, -0.1) is 0 Å². The Bertz CT molecular complexity index is 911. The summed E-state index contributed by atoms with van der Waals surface area (Å²) in [5.41, 5.74) is 4.64. The van der Waals surface area contributed by atoms with Crippen LogP contribution in [0.4, 0.5) is 0 Å². The van der Waals surface area contributed by atoms with E-state index in [0.29, 0.717) is 30.2 Å².